The molecule has 0 saturated carbocycles. The molecule has 0 bridgehead atoms. The highest BCUT2D eigenvalue weighted by Gasteiger charge is 2.25. The van der Waals surface area contributed by atoms with Crippen LogP contribution in [0.25, 0.3) is 10.8 Å². The van der Waals surface area contributed by atoms with E-state index in [1.54, 1.807) is 0 Å². The fourth-order valence-corrected chi connectivity index (χ4v) is 4.66. The predicted octanol–water partition coefficient (Wildman–Crippen LogP) is 7.04. The Morgan fingerprint density at radius 2 is 1.55 bits per heavy atom. The Hall–Kier alpha value is -2.17. The molecule has 33 heavy (non-hydrogen) atoms. The second-order valence-corrected chi connectivity index (χ2v) is 10.5. The molecular formula is C23H29F3O5S2. The molecule has 0 saturated heterocycles. The topological polar surface area (TPSA) is 61.8 Å². The van der Waals surface area contributed by atoms with Crippen LogP contribution in [0.15, 0.2) is 58.2 Å². The minimum atomic E-state index is -5.24. The highest BCUT2D eigenvalue weighted by Crippen LogP contribution is 2.47. The normalized spacial score (nSPS) is 13.9. The van der Waals surface area contributed by atoms with Crippen LogP contribution in [0.4, 0.5) is 13.3 Å². The van der Waals surface area contributed by atoms with Crippen LogP contribution in [-0.2, 0) is 14.5 Å². The first-order valence-electron chi connectivity index (χ1n) is 10.6. The van der Waals surface area contributed by atoms with Gasteiger partial charge in [0.25, 0.3) is 0 Å². The summed E-state index contributed by atoms with van der Waals surface area (Å²) >= 11 is 0. The quantitative estimate of drug-likeness (QED) is 0.262. The van der Waals surface area contributed by atoms with Crippen molar-refractivity contribution >= 4 is 31.8 Å². The van der Waals surface area contributed by atoms with E-state index in [0.717, 1.165) is 50.4 Å². The summed E-state index contributed by atoms with van der Waals surface area (Å²) in [5.74, 6) is -1.88. The van der Waals surface area contributed by atoms with E-state index in [4.69, 9.17) is 9.47 Å². The SMILES string of the molecule is CCCCOc1ccc2c(OCCCC)ccc([SH]3C=CC=C3)c2c1.O=S(=O)(OF)C(F)F. The molecule has 0 spiro atoms. The van der Waals surface area contributed by atoms with Crippen LogP contribution in [0.2, 0.25) is 0 Å². The molecule has 0 fully saturated rings. The van der Waals surface area contributed by atoms with Crippen LogP contribution in [-0.4, -0.2) is 27.4 Å². The van der Waals surface area contributed by atoms with Gasteiger partial charge in [0.05, 0.1) is 13.2 Å². The van der Waals surface area contributed by atoms with E-state index in [9.17, 15) is 21.7 Å². The maximum absolute atomic E-state index is 10.9. The number of unbranched alkanes of at least 4 members (excludes halogenated alkanes) is 2. The Morgan fingerprint density at radius 1 is 0.909 bits per heavy atom. The van der Waals surface area contributed by atoms with Crippen molar-refractivity contribution < 1.29 is 35.6 Å². The first-order valence-corrected chi connectivity index (χ1v) is 13.6. The van der Waals surface area contributed by atoms with Gasteiger partial charge in [-0.05, 0) is 58.5 Å². The number of hydrogen-bond acceptors (Lipinski definition) is 5. The largest absolute Gasteiger partial charge is 0.494 e. The van der Waals surface area contributed by atoms with Gasteiger partial charge >= 0.3 is 15.9 Å². The van der Waals surface area contributed by atoms with Crippen molar-refractivity contribution in [2.24, 2.45) is 0 Å². The van der Waals surface area contributed by atoms with Crippen molar-refractivity contribution in [1.82, 2.24) is 0 Å². The molecule has 0 aromatic heterocycles. The van der Waals surface area contributed by atoms with Gasteiger partial charge in [-0.2, -0.15) is 28.1 Å². The van der Waals surface area contributed by atoms with Gasteiger partial charge in [0.1, 0.15) is 11.5 Å². The van der Waals surface area contributed by atoms with Gasteiger partial charge in [-0.3, -0.25) is 0 Å². The molecule has 2 aromatic rings. The second kappa shape index (κ2) is 13.5. The molecule has 0 radical (unpaired) electrons. The van der Waals surface area contributed by atoms with Crippen LogP contribution in [0.5, 0.6) is 11.5 Å². The van der Waals surface area contributed by atoms with E-state index < -0.39 is 15.9 Å². The summed E-state index contributed by atoms with van der Waals surface area (Å²) in [5, 5.41) is 7.04. The average Bonchev–Trinajstić information content (AvgIpc) is 3.34. The minimum Gasteiger partial charge on any atom is -0.494 e. The lowest BCUT2D eigenvalue weighted by Crippen LogP contribution is -2.09. The maximum atomic E-state index is 10.9. The predicted molar refractivity (Wildman–Crippen MR) is 127 cm³/mol. The van der Waals surface area contributed by atoms with Crippen molar-refractivity contribution in [3.8, 4) is 11.5 Å². The minimum absolute atomic E-state index is 0.369. The molecule has 5 nitrogen and oxygen atoms in total. The van der Waals surface area contributed by atoms with Gasteiger partial charge in [-0.25, -0.2) is 0 Å². The van der Waals surface area contributed by atoms with Crippen molar-refractivity contribution in [3.63, 3.8) is 0 Å². The lowest BCUT2D eigenvalue weighted by atomic mass is 10.1. The number of hydrogen-bond donors (Lipinski definition) is 1. The van der Waals surface area contributed by atoms with Crippen molar-refractivity contribution in [2.75, 3.05) is 13.2 Å². The first-order chi connectivity index (χ1) is 15.8. The van der Waals surface area contributed by atoms with Gasteiger partial charge in [0, 0.05) is 15.7 Å². The van der Waals surface area contributed by atoms with E-state index in [1.165, 1.54) is 15.7 Å². The molecule has 2 aromatic carbocycles. The Labute approximate surface area is 195 Å². The first kappa shape index (κ1) is 27.1. The Balaban J connectivity index is 0.000000414. The zero-order chi connectivity index (χ0) is 24.3. The third-order valence-electron chi connectivity index (χ3n) is 4.64. The zero-order valence-corrected chi connectivity index (χ0v) is 20.3. The fourth-order valence-electron chi connectivity index (χ4n) is 2.91. The van der Waals surface area contributed by atoms with Crippen molar-refractivity contribution in [1.29, 1.82) is 0 Å². The monoisotopic (exact) mass is 506 g/mol. The average molecular weight is 507 g/mol. The Kier molecular flexibility index (Phi) is 11.1. The van der Waals surface area contributed by atoms with Gasteiger partial charge in [0.15, 0.2) is 0 Å². The number of rotatable bonds is 11. The van der Waals surface area contributed by atoms with E-state index >= 15 is 0 Å². The molecule has 1 aliphatic rings. The summed E-state index contributed by atoms with van der Waals surface area (Å²) in [5.41, 5.74) is 0. The number of thiol groups is 1. The summed E-state index contributed by atoms with van der Waals surface area (Å²) in [6.45, 7) is 5.92. The molecule has 3 rings (SSSR count). The molecule has 1 heterocycles. The van der Waals surface area contributed by atoms with E-state index in [2.05, 4.69) is 67.1 Å². The summed E-state index contributed by atoms with van der Waals surface area (Å²) < 4.78 is 64.8. The lowest BCUT2D eigenvalue weighted by molar-refractivity contribution is -0.00838. The highest BCUT2D eigenvalue weighted by atomic mass is 32.2. The number of allylic oxidation sites excluding steroid dienone is 2. The lowest BCUT2D eigenvalue weighted by Gasteiger charge is -2.18. The van der Waals surface area contributed by atoms with Crippen LogP contribution >= 0.6 is 10.9 Å². The number of fused-ring (bicyclic) bond motifs is 1. The fraction of sp³-hybridized carbons (Fsp3) is 0.391. The van der Waals surface area contributed by atoms with Crippen LogP contribution in [0.3, 0.4) is 0 Å². The van der Waals surface area contributed by atoms with E-state index in [-0.39, 0.29) is 10.9 Å². The maximum Gasteiger partial charge on any atom is 0.363 e. The van der Waals surface area contributed by atoms with Crippen molar-refractivity contribution in [3.05, 3.63) is 53.3 Å². The van der Waals surface area contributed by atoms with Gasteiger partial charge < -0.3 is 9.47 Å². The number of benzene rings is 2. The van der Waals surface area contributed by atoms with E-state index in [1.807, 2.05) is 4.39 Å². The molecule has 0 amide bonds. The summed E-state index contributed by atoms with van der Waals surface area (Å²) in [6, 6.07) is 10.8. The molecule has 0 unspecified atom stereocenters. The summed E-state index contributed by atoms with van der Waals surface area (Å²) in [7, 11) is -5.61. The van der Waals surface area contributed by atoms with Crippen molar-refractivity contribution in [2.45, 2.75) is 50.2 Å². The number of halogens is 3. The Morgan fingerprint density at radius 3 is 2.09 bits per heavy atom. The molecule has 184 valence electrons. The molecule has 1 aliphatic heterocycles. The van der Waals surface area contributed by atoms with Gasteiger partial charge in [0.2, 0.25) is 0 Å². The second-order valence-electron chi connectivity index (χ2n) is 7.10. The van der Waals surface area contributed by atoms with E-state index in [0.29, 0.717) is 0 Å². The van der Waals surface area contributed by atoms with Crippen LogP contribution in [0, 0.1) is 0 Å². The molecule has 0 aliphatic carbocycles. The van der Waals surface area contributed by atoms with Gasteiger partial charge in [-0.1, -0.05) is 43.2 Å². The smallest absolute Gasteiger partial charge is 0.363 e. The summed E-state index contributed by atoms with van der Waals surface area (Å²) in [4.78, 5) is 1.37. The van der Waals surface area contributed by atoms with Crippen LogP contribution < -0.4 is 9.47 Å². The van der Waals surface area contributed by atoms with Gasteiger partial charge in [-0.15, -0.1) is 0 Å². The molecule has 0 atom stereocenters. The zero-order valence-electron chi connectivity index (χ0n) is 18.5. The summed E-state index contributed by atoms with van der Waals surface area (Å²) in [6.07, 6.45) is 8.75. The standard InChI is InChI=1S/C22H28O2S.CHF3O3S/c1-3-5-13-23-18-9-10-19-20(17-18)22(25-15-7-8-16-25)12-11-21(19)24-14-6-4-2;2-1(3)8(5,6)7-4/h7-12,15-17,25H,3-6,13-14H2,1-2H3;1H. The molecule has 0 N–H and O–H groups in total. The third kappa shape index (κ3) is 7.97. The molecule has 10 heteroatoms. The molecular weight excluding hydrogens is 477 g/mol. The number of alkyl halides is 2. The number of ether oxygens (including phenoxy) is 2. The highest BCUT2D eigenvalue weighted by molar-refractivity contribution is 8.22. The Bertz CT molecular complexity index is 1040. The third-order valence-corrected chi connectivity index (χ3v) is 7.18. The van der Waals surface area contributed by atoms with Crippen LogP contribution in [0.1, 0.15) is 39.5 Å².